The van der Waals surface area contributed by atoms with E-state index in [0.717, 1.165) is 26.2 Å². The molecule has 1 aromatic rings. The van der Waals surface area contributed by atoms with Crippen LogP contribution in [-0.4, -0.2) is 77.7 Å². The topological polar surface area (TPSA) is 101 Å². The zero-order chi connectivity index (χ0) is 14.5. The minimum absolute atomic E-state index is 0.120. The highest BCUT2D eigenvalue weighted by Gasteiger charge is 2.21. The Balaban J connectivity index is 1.86. The number of anilines is 2. The van der Waals surface area contributed by atoms with Crippen LogP contribution in [0.15, 0.2) is 0 Å². The van der Waals surface area contributed by atoms with E-state index in [9.17, 15) is 5.11 Å². The number of methoxy groups -OCH3 is 1. The van der Waals surface area contributed by atoms with Crippen LogP contribution in [0.4, 0.5) is 11.8 Å². The van der Waals surface area contributed by atoms with Crippen molar-refractivity contribution in [3.8, 4) is 0 Å². The van der Waals surface area contributed by atoms with Gasteiger partial charge in [0, 0.05) is 39.8 Å². The van der Waals surface area contributed by atoms with Crippen LogP contribution in [0.3, 0.4) is 0 Å². The molecule has 2 rings (SSSR count). The van der Waals surface area contributed by atoms with Crippen LogP contribution >= 0.6 is 11.6 Å². The second kappa shape index (κ2) is 6.98. The molecular formula is C11H19ClN6O2. The molecule has 112 valence electrons. The molecule has 8 nitrogen and oxygen atoms in total. The highest BCUT2D eigenvalue weighted by atomic mass is 35.5. The minimum atomic E-state index is -0.462. The van der Waals surface area contributed by atoms with Gasteiger partial charge in [0.1, 0.15) is 0 Å². The van der Waals surface area contributed by atoms with E-state index in [0.29, 0.717) is 19.1 Å². The first kappa shape index (κ1) is 15.2. The number of hydrogen-bond donors (Lipinski definition) is 2. The molecule has 0 spiro atoms. The highest BCUT2D eigenvalue weighted by Crippen LogP contribution is 2.16. The average Bonchev–Trinajstić information content (AvgIpc) is 2.43. The third-order valence-corrected chi connectivity index (χ3v) is 3.41. The summed E-state index contributed by atoms with van der Waals surface area (Å²) in [4.78, 5) is 8.29. The summed E-state index contributed by atoms with van der Waals surface area (Å²) in [5.74, 6) is 0.679. The number of hydrogen-bond acceptors (Lipinski definition) is 8. The number of ether oxygens (including phenoxy) is 1. The van der Waals surface area contributed by atoms with Crippen molar-refractivity contribution in [2.45, 2.75) is 6.10 Å². The van der Waals surface area contributed by atoms with Gasteiger partial charge in [-0.1, -0.05) is 11.6 Å². The summed E-state index contributed by atoms with van der Waals surface area (Å²) in [7, 11) is 1.58. The van der Waals surface area contributed by atoms with E-state index in [4.69, 9.17) is 22.1 Å². The number of rotatable bonds is 5. The van der Waals surface area contributed by atoms with Gasteiger partial charge in [-0.2, -0.15) is 4.98 Å². The number of nitrogen functional groups attached to an aromatic ring is 1. The van der Waals surface area contributed by atoms with Gasteiger partial charge in [-0.05, 0) is 0 Å². The number of aliphatic hydroxyl groups is 1. The normalized spacial score (nSPS) is 18.2. The Labute approximate surface area is 122 Å². The van der Waals surface area contributed by atoms with E-state index in [2.05, 4.69) is 20.1 Å². The van der Waals surface area contributed by atoms with Gasteiger partial charge < -0.3 is 20.5 Å². The Morgan fingerprint density at radius 3 is 2.65 bits per heavy atom. The molecule has 0 aromatic carbocycles. The molecule has 0 aliphatic carbocycles. The fourth-order valence-electron chi connectivity index (χ4n) is 2.12. The Bertz CT molecular complexity index is 441. The first-order chi connectivity index (χ1) is 9.60. The molecule has 1 fully saturated rings. The molecule has 1 aliphatic rings. The minimum Gasteiger partial charge on any atom is -0.389 e. The van der Waals surface area contributed by atoms with Crippen molar-refractivity contribution in [2.24, 2.45) is 0 Å². The summed E-state index contributed by atoms with van der Waals surface area (Å²) in [6, 6.07) is 0. The molecule has 2 heterocycles. The van der Waals surface area contributed by atoms with Crippen LogP contribution in [0.25, 0.3) is 0 Å². The van der Waals surface area contributed by atoms with Crippen LogP contribution in [0.1, 0.15) is 0 Å². The Morgan fingerprint density at radius 2 is 2.05 bits per heavy atom. The van der Waals surface area contributed by atoms with E-state index in [1.54, 1.807) is 7.11 Å². The van der Waals surface area contributed by atoms with Gasteiger partial charge in [-0.3, -0.25) is 4.90 Å². The smallest absolute Gasteiger partial charge is 0.247 e. The largest absolute Gasteiger partial charge is 0.389 e. The number of nitrogens with two attached hydrogens (primary N) is 1. The number of halogens is 1. The Kier molecular flexibility index (Phi) is 5.30. The van der Waals surface area contributed by atoms with Crippen molar-refractivity contribution in [3.63, 3.8) is 0 Å². The van der Waals surface area contributed by atoms with Crippen LogP contribution in [-0.2, 0) is 4.74 Å². The Morgan fingerprint density at radius 1 is 1.35 bits per heavy atom. The third-order valence-electron chi connectivity index (χ3n) is 3.14. The fraction of sp³-hybridized carbons (Fsp3) is 0.727. The number of aliphatic hydroxyl groups excluding tert-OH is 1. The molecule has 9 heteroatoms. The summed E-state index contributed by atoms with van der Waals surface area (Å²) in [5.41, 5.74) is 5.62. The molecule has 0 bridgehead atoms. The van der Waals surface area contributed by atoms with Crippen molar-refractivity contribution < 1.29 is 9.84 Å². The lowest BCUT2D eigenvalue weighted by molar-refractivity contribution is 0.0364. The maximum atomic E-state index is 9.71. The van der Waals surface area contributed by atoms with Gasteiger partial charge in [0.05, 0.1) is 12.7 Å². The Hall–Kier alpha value is -1.22. The van der Waals surface area contributed by atoms with Gasteiger partial charge in [0.25, 0.3) is 0 Å². The predicted octanol–water partition coefficient (Wildman–Crippen LogP) is -0.763. The average molecular weight is 303 g/mol. The second-order valence-corrected chi connectivity index (χ2v) is 5.04. The number of piperazine rings is 1. The SMILES string of the molecule is COCC(O)CN1CCN(c2nnc(Cl)c(N)n2)CC1. The predicted molar refractivity (Wildman–Crippen MR) is 75.8 cm³/mol. The van der Waals surface area contributed by atoms with Crippen molar-refractivity contribution >= 4 is 23.4 Å². The van der Waals surface area contributed by atoms with Crippen molar-refractivity contribution in [1.82, 2.24) is 20.1 Å². The fourth-order valence-corrected chi connectivity index (χ4v) is 2.20. The summed E-state index contributed by atoms with van der Waals surface area (Å²) in [6.07, 6.45) is -0.462. The van der Waals surface area contributed by atoms with Crippen LogP contribution in [0.5, 0.6) is 0 Å². The molecule has 20 heavy (non-hydrogen) atoms. The highest BCUT2D eigenvalue weighted by molar-refractivity contribution is 6.31. The molecule has 1 aliphatic heterocycles. The second-order valence-electron chi connectivity index (χ2n) is 4.68. The van der Waals surface area contributed by atoms with E-state index < -0.39 is 6.10 Å². The maximum Gasteiger partial charge on any atom is 0.247 e. The van der Waals surface area contributed by atoms with E-state index in [1.807, 2.05) is 4.90 Å². The van der Waals surface area contributed by atoms with Crippen molar-refractivity contribution in [3.05, 3.63) is 5.15 Å². The molecular weight excluding hydrogens is 284 g/mol. The molecule has 3 N–H and O–H groups in total. The number of β-amino-alcohol motifs (C(OH)–C–C–N with tert-alkyl or cyclic N) is 1. The van der Waals surface area contributed by atoms with E-state index in [-0.39, 0.29) is 11.0 Å². The molecule has 1 saturated heterocycles. The van der Waals surface area contributed by atoms with Gasteiger partial charge in [-0.25, -0.2) is 0 Å². The maximum absolute atomic E-state index is 9.71. The van der Waals surface area contributed by atoms with Crippen LogP contribution < -0.4 is 10.6 Å². The van der Waals surface area contributed by atoms with Gasteiger partial charge in [0.15, 0.2) is 11.0 Å². The molecule has 1 atom stereocenters. The number of aromatic nitrogens is 3. The first-order valence-electron chi connectivity index (χ1n) is 6.40. The zero-order valence-electron chi connectivity index (χ0n) is 11.4. The van der Waals surface area contributed by atoms with Gasteiger partial charge in [0.2, 0.25) is 5.95 Å². The monoisotopic (exact) mass is 302 g/mol. The third kappa shape index (κ3) is 3.89. The van der Waals surface area contributed by atoms with Crippen molar-refractivity contribution in [2.75, 3.05) is 57.1 Å². The lowest BCUT2D eigenvalue weighted by Gasteiger charge is -2.35. The lowest BCUT2D eigenvalue weighted by atomic mass is 10.3. The lowest BCUT2D eigenvalue weighted by Crippen LogP contribution is -2.49. The molecule has 0 amide bonds. The van der Waals surface area contributed by atoms with Crippen molar-refractivity contribution in [1.29, 1.82) is 0 Å². The van der Waals surface area contributed by atoms with Gasteiger partial charge in [-0.15, -0.1) is 10.2 Å². The van der Waals surface area contributed by atoms with Crippen LogP contribution in [0.2, 0.25) is 5.15 Å². The quantitative estimate of drug-likeness (QED) is 0.732. The summed E-state index contributed by atoms with van der Waals surface area (Å²) >= 11 is 5.70. The summed E-state index contributed by atoms with van der Waals surface area (Å²) < 4.78 is 4.92. The van der Waals surface area contributed by atoms with Gasteiger partial charge >= 0.3 is 0 Å². The molecule has 1 aromatic heterocycles. The molecule has 1 unspecified atom stereocenters. The van der Waals surface area contributed by atoms with E-state index in [1.165, 1.54) is 0 Å². The molecule has 0 saturated carbocycles. The standard InChI is InChI=1S/C11H19ClN6O2/c1-20-7-8(19)6-17-2-4-18(5-3-17)11-14-10(13)9(12)15-16-11/h8,19H,2-7H2,1H3,(H2,13,14,16). The zero-order valence-corrected chi connectivity index (χ0v) is 12.1. The van der Waals surface area contributed by atoms with Crippen LogP contribution in [0, 0.1) is 0 Å². The number of nitrogens with zero attached hydrogens (tertiary/aromatic N) is 5. The first-order valence-corrected chi connectivity index (χ1v) is 6.78. The molecule has 0 radical (unpaired) electrons. The van der Waals surface area contributed by atoms with E-state index >= 15 is 0 Å². The summed E-state index contributed by atoms with van der Waals surface area (Å²) in [6.45, 7) is 4.08. The summed E-state index contributed by atoms with van der Waals surface area (Å²) in [5, 5.41) is 17.5.